The second-order valence-electron chi connectivity index (χ2n) is 7.01. The van der Waals surface area contributed by atoms with Gasteiger partial charge in [0.15, 0.2) is 0 Å². The average molecular weight is 377 g/mol. The SMILES string of the molecule is Cc1nn(C2CCN(c3ccccc3)CC2)cc1Nc1cnccc1C(=O)O. The Morgan fingerprint density at radius 2 is 1.89 bits per heavy atom. The van der Waals surface area contributed by atoms with Crippen LogP contribution in [0.4, 0.5) is 17.1 Å². The molecular weight excluding hydrogens is 354 g/mol. The van der Waals surface area contributed by atoms with Gasteiger partial charge in [-0.25, -0.2) is 4.79 Å². The maximum Gasteiger partial charge on any atom is 0.337 e. The first-order chi connectivity index (χ1) is 13.6. The van der Waals surface area contributed by atoms with Crippen molar-refractivity contribution in [3.05, 3.63) is 66.2 Å². The van der Waals surface area contributed by atoms with Gasteiger partial charge in [0.05, 0.1) is 34.9 Å². The Morgan fingerprint density at radius 3 is 2.61 bits per heavy atom. The molecule has 1 saturated heterocycles. The number of aromatic carboxylic acids is 1. The van der Waals surface area contributed by atoms with E-state index < -0.39 is 5.97 Å². The molecule has 1 aliphatic heterocycles. The minimum absolute atomic E-state index is 0.193. The van der Waals surface area contributed by atoms with Crippen LogP contribution in [0.2, 0.25) is 0 Å². The molecule has 0 unspecified atom stereocenters. The maximum absolute atomic E-state index is 11.4. The summed E-state index contributed by atoms with van der Waals surface area (Å²) in [5.41, 5.74) is 3.57. The van der Waals surface area contributed by atoms with Crippen LogP contribution in [0, 0.1) is 6.92 Å². The Balaban J connectivity index is 1.46. The fourth-order valence-corrected chi connectivity index (χ4v) is 3.64. The van der Waals surface area contributed by atoms with Crippen LogP contribution in [-0.2, 0) is 0 Å². The Labute approximate surface area is 163 Å². The van der Waals surface area contributed by atoms with Crippen molar-refractivity contribution in [3.63, 3.8) is 0 Å². The Morgan fingerprint density at radius 1 is 1.14 bits per heavy atom. The van der Waals surface area contributed by atoms with E-state index in [1.165, 1.54) is 24.1 Å². The van der Waals surface area contributed by atoms with Gasteiger partial charge in [-0.2, -0.15) is 5.10 Å². The van der Waals surface area contributed by atoms with Crippen LogP contribution < -0.4 is 10.2 Å². The van der Waals surface area contributed by atoms with E-state index in [0.29, 0.717) is 11.7 Å². The third-order valence-corrected chi connectivity index (χ3v) is 5.20. The summed E-state index contributed by atoms with van der Waals surface area (Å²) in [5.74, 6) is -0.983. The average Bonchev–Trinajstić information content (AvgIpc) is 3.09. The van der Waals surface area contributed by atoms with Gasteiger partial charge in [0.1, 0.15) is 0 Å². The number of hydrogen-bond acceptors (Lipinski definition) is 5. The lowest BCUT2D eigenvalue weighted by Gasteiger charge is -2.33. The highest BCUT2D eigenvalue weighted by Gasteiger charge is 2.22. The molecule has 0 radical (unpaired) electrons. The fraction of sp³-hybridized carbons (Fsp3) is 0.286. The molecular formula is C21H23N5O2. The van der Waals surface area contributed by atoms with Crippen LogP contribution in [-0.4, -0.2) is 38.9 Å². The van der Waals surface area contributed by atoms with Gasteiger partial charge in [0.25, 0.3) is 0 Å². The third-order valence-electron chi connectivity index (χ3n) is 5.20. The van der Waals surface area contributed by atoms with Crippen LogP contribution in [0.25, 0.3) is 0 Å². The number of rotatable bonds is 5. The van der Waals surface area contributed by atoms with Gasteiger partial charge in [-0.3, -0.25) is 9.67 Å². The Bertz CT molecular complexity index is 962. The number of anilines is 3. The monoisotopic (exact) mass is 377 g/mol. The molecule has 1 aliphatic rings. The van der Waals surface area contributed by atoms with Gasteiger partial charge in [-0.05, 0) is 38.0 Å². The number of pyridine rings is 1. The molecule has 7 nitrogen and oxygen atoms in total. The van der Waals surface area contributed by atoms with E-state index in [0.717, 1.165) is 37.3 Å². The molecule has 2 aromatic heterocycles. The van der Waals surface area contributed by atoms with Crippen molar-refractivity contribution < 1.29 is 9.90 Å². The molecule has 0 atom stereocenters. The van der Waals surface area contributed by atoms with E-state index in [1.807, 2.05) is 23.9 Å². The summed E-state index contributed by atoms with van der Waals surface area (Å²) in [6.07, 6.45) is 7.01. The largest absolute Gasteiger partial charge is 0.478 e. The molecule has 4 rings (SSSR count). The third kappa shape index (κ3) is 3.69. The number of aromatic nitrogens is 3. The van der Waals surface area contributed by atoms with Crippen LogP contribution in [0.1, 0.15) is 34.9 Å². The molecule has 0 spiro atoms. The molecule has 28 heavy (non-hydrogen) atoms. The van der Waals surface area contributed by atoms with Crippen molar-refractivity contribution in [2.45, 2.75) is 25.8 Å². The fourth-order valence-electron chi connectivity index (χ4n) is 3.64. The minimum Gasteiger partial charge on any atom is -0.478 e. The van der Waals surface area contributed by atoms with E-state index in [9.17, 15) is 9.90 Å². The van der Waals surface area contributed by atoms with Crippen molar-refractivity contribution >= 4 is 23.0 Å². The van der Waals surface area contributed by atoms with Gasteiger partial charge in [0, 0.05) is 31.2 Å². The molecule has 7 heteroatoms. The van der Waals surface area contributed by atoms with Crippen molar-refractivity contribution in [2.24, 2.45) is 0 Å². The van der Waals surface area contributed by atoms with E-state index in [-0.39, 0.29) is 5.56 Å². The number of nitrogens with one attached hydrogen (secondary N) is 1. The van der Waals surface area contributed by atoms with E-state index in [1.54, 1.807) is 0 Å². The molecule has 144 valence electrons. The van der Waals surface area contributed by atoms with Crippen LogP contribution in [0.5, 0.6) is 0 Å². The zero-order valence-corrected chi connectivity index (χ0v) is 15.7. The Kier molecular flexibility index (Phi) is 4.97. The highest BCUT2D eigenvalue weighted by atomic mass is 16.4. The normalized spacial score (nSPS) is 14.8. The lowest BCUT2D eigenvalue weighted by Crippen LogP contribution is -2.34. The molecule has 3 aromatic rings. The second-order valence-corrected chi connectivity index (χ2v) is 7.01. The van der Waals surface area contributed by atoms with Gasteiger partial charge in [-0.1, -0.05) is 18.2 Å². The highest BCUT2D eigenvalue weighted by molar-refractivity contribution is 5.94. The number of para-hydroxylation sites is 1. The van der Waals surface area contributed by atoms with E-state index >= 15 is 0 Å². The molecule has 3 heterocycles. The summed E-state index contributed by atoms with van der Waals surface area (Å²) < 4.78 is 2.01. The smallest absolute Gasteiger partial charge is 0.337 e. The molecule has 0 saturated carbocycles. The number of piperidine rings is 1. The number of aryl methyl sites for hydroxylation is 1. The lowest BCUT2D eigenvalue weighted by molar-refractivity contribution is 0.0698. The quantitative estimate of drug-likeness (QED) is 0.702. The minimum atomic E-state index is -0.983. The van der Waals surface area contributed by atoms with Gasteiger partial charge in [0.2, 0.25) is 0 Å². The van der Waals surface area contributed by atoms with Gasteiger partial charge >= 0.3 is 5.97 Å². The van der Waals surface area contributed by atoms with Crippen LogP contribution >= 0.6 is 0 Å². The summed E-state index contributed by atoms with van der Waals surface area (Å²) in [6.45, 7) is 3.90. The maximum atomic E-state index is 11.4. The number of nitrogens with zero attached hydrogens (tertiary/aromatic N) is 4. The van der Waals surface area contributed by atoms with Gasteiger partial charge < -0.3 is 15.3 Å². The summed E-state index contributed by atoms with van der Waals surface area (Å²) >= 11 is 0. The number of benzene rings is 1. The summed E-state index contributed by atoms with van der Waals surface area (Å²) in [6, 6.07) is 12.3. The summed E-state index contributed by atoms with van der Waals surface area (Å²) in [7, 11) is 0. The molecule has 0 aliphatic carbocycles. The highest BCUT2D eigenvalue weighted by Crippen LogP contribution is 2.29. The summed E-state index contributed by atoms with van der Waals surface area (Å²) in [4.78, 5) is 17.8. The number of carboxylic acids is 1. The predicted molar refractivity (Wildman–Crippen MR) is 108 cm³/mol. The van der Waals surface area contributed by atoms with Crippen molar-refractivity contribution in [1.29, 1.82) is 0 Å². The second kappa shape index (κ2) is 7.72. The topological polar surface area (TPSA) is 83.3 Å². The number of carboxylic acid groups (broad SMARTS) is 1. The molecule has 0 amide bonds. The van der Waals surface area contributed by atoms with E-state index in [4.69, 9.17) is 0 Å². The van der Waals surface area contributed by atoms with Crippen LogP contribution in [0.15, 0.2) is 55.0 Å². The zero-order chi connectivity index (χ0) is 19.5. The first-order valence-corrected chi connectivity index (χ1v) is 9.42. The Hall–Kier alpha value is -3.35. The first kappa shape index (κ1) is 18.0. The molecule has 1 fully saturated rings. The number of hydrogen-bond donors (Lipinski definition) is 2. The van der Waals surface area contributed by atoms with Crippen molar-refractivity contribution in [2.75, 3.05) is 23.3 Å². The van der Waals surface area contributed by atoms with E-state index in [2.05, 4.69) is 44.6 Å². The molecule has 2 N–H and O–H groups in total. The standard InChI is InChI=1S/C21H23N5O2/c1-15-20(23-19-13-22-10-7-18(19)21(27)28)14-26(24-15)17-8-11-25(12-9-17)16-5-3-2-4-6-16/h2-7,10,13-14,17,23H,8-9,11-12H2,1H3,(H,27,28). The van der Waals surface area contributed by atoms with Crippen LogP contribution in [0.3, 0.4) is 0 Å². The molecule has 1 aromatic carbocycles. The molecule has 0 bridgehead atoms. The van der Waals surface area contributed by atoms with Crippen molar-refractivity contribution in [3.8, 4) is 0 Å². The first-order valence-electron chi connectivity index (χ1n) is 9.42. The van der Waals surface area contributed by atoms with Gasteiger partial charge in [-0.15, -0.1) is 0 Å². The van der Waals surface area contributed by atoms with Crippen molar-refractivity contribution in [1.82, 2.24) is 14.8 Å². The zero-order valence-electron chi connectivity index (χ0n) is 15.7. The number of carbonyl (C=O) groups is 1. The summed E-state index contributed by atoms with van der Waals surface area (Å²) in [5, 5.41) is 17.2. The lowest BCUT2D eigenvalue weighted by atomic mass is 10.0. The predicted octanol–water partition coefficient (Wildman–Crippen LogP) is 3.87.